The Balaban J connectivity index is 1.44. The van der Waals surface area contributed by atoms with Gasteiger partial charge in [0.1, 0.15) is 5.75 Å². The summed E-state index contributed by atoms with van der Waals surface area (Å²) in [6.07, 6.45) is 11.3. The van der Waals surface area contributed by atoms with Gasteiger partial charge in [0.05, 0.1) is 50.6 Å². The van der Waals surface area contributed by atoms with Crippen molar-refractivity contribution in [2.24, 2.45) is 4.99 Å². The van der Waals surface area contributed by atoms with Crippen LogP contribution in [0.1, 0.15) is 53.1 Å². The fourth-order valence-electron chi connectivity index (χ4n) is 4.34. The van der Waals surface area contributed by atoms with Gasteiger partial charge in [0.15, 0.2) is 0 Å². The van der Waals surface area contributed by atoms with Crippen molar-refractivity contribution in [3.05, 3.63) is 92.6 Å². The van der Waals surface area contributed by atoms with E-state index in [9.17, 15) is 4.79 Å². The predicted molar refractivity (Wildman–Crippen MR) is 162 cm³/mol. The average molecular weight is 545 g/mol. The van der Waals surface area contributed by atoms with Crippen molar-refractivity contribution in [3.63, 3.8) is 0 Å². The molecule has 6 nitrogen and oxygen atoms in total. The number of aliphatic imine (C=N–C) groups is 1. The number of carboxylic acid groups (broad SMARTS) is 1. The number of aromatic nitrogens is 1. The highest BCUT2D eigenvalue weighted by atomic mass is 32.1. The molecule has 39 heavy (non-hydrogen) atoms. The average Bonchev–Trinajstić information content (AvgIpc) is 3.62. The van der Waals surface area contributed by atoms with E-state index in [2.05, 4.69) is 80.9 Å². The first kappa shape index (κ1) is 28.3. The van der Waals surface area contributed by atoms with Gasteiger partial charge in [-0.1, -0.05) is 24.3 Å². The highest BCUT2D eigenvalue weighted by molar-refractivity contribution is 7.12. The number of carbonyl (C=O) groups is 1. The Morgan fingerprint density at radius 2 is 1.92 bits per heavy atom. The van der Waals surface area contributed by atoms with E-state index in [0.29, 0.717) is 13.0 Å². The van der Waals surface area contributed by atoms with Crippen molar-refractivity contribution in [3.8, 4) is 5.75 Å². The number of quaternary nitrogens is 1. The van der Waals surface area contributed by atoms with Crippen LogP contribution in [0, 0.1) is 6.92 Å². The summed E-state index contributed by atoms with van der Waals surface area (Å²) in [6.45, 7) is 3.64. The molecule has 0 spiro atoms. The Labute approximate surface area is 235 Å². The topological polar surface area (TPSA) is 74.7 Å². The van der Waals surface area contributed by atoms with Crippen LogP contribution < -0.4 is 4.74 Å². The molecule has 0 amide bonds. The molecule has 2 aromatic heterocycles. The van der Waals surface area contributed by atoms with Crippen LogP contribution >= 0.6 is 11.3 Å². The molecule has 4 rings (SSSR count). The lowest BCUT2D eigenvalue weighted by Gasteiger charge is -2.23. The zero-order valence-corrected chi connectivity index (χ0v) is 24.1. The first-order valence-electron chi connectivity index (χ1n) is 13.3. The van der Waals surface area contributed by atoms with Crippen LogP contribution in [-0.4, -0.2) is 60.5 Å². The lowest BCUT2D eigenvalue weighted by molar-refractivity contribution is -0.870. The number of benzene rings is 1. The number of carboxylic acids is 1. The monoisotopic (exact) mass is 544 g/mol. The van der Waals surface area contributed by atoms with Gasteiger partial charge >= 0.3 is 5.97 Å². The molecule has 3 heterocycles. The summed E-state index contributed by atoms with van der Waals surface area (Å²) < 4.78 is 6.58. The van der Waals surface area contributed by atoms with E-state index in [1.807, 2.05) is 24.3 Å². The van der Waals surface area contributed by atoms with Gasteiger partial charge < -0.3 is 19.3 Å². The number of nitrogens with zero attached hydrogens (tertiary/aromatic N) is 2. The minimum Gasteiger partial charge on any atom is -0.494 e. The van der Waals surface area contributed by atoms with Crippen molar-refractivity contribution in [1.29, 1.82) is 0 Å². The standard InChI is InChI=1S/C32H37N3O3S/c1-23-20-26(14-11-24-12-15-27(16-13-24)38-18-6-10-32(36)37)33-28(23)22-29-25(8-5-17-35(2,3)4)21-30(34-29)31-9-7-19-39-31/h7,9,11-16,19-22H,5-6,8,10,17-18H2,1-4H3,(H-,33,34,36,37)/p+1/b14-11+. The summed E-state index contributed by atoms with van der Waals surface area (Å²) in [5.74, 6) is -0.0593. The number of hydrogen-bond acceptors (Lipinski definition) is 4. The van der Waals surface area contributed by atoms with Crippen molar-refractivity contribution in [2.45, 2.75) is 32.6 Å². The van der Waals surface area contributed by atoms with Gasteiger partial charge in [-0.15, -0.1) is 11.3 Å². The number of aryl methyl sites for hydroxylation is 1. The minimum atomic E-state index is -0.801. The van der Waals surface area contributed by atoms with Crippen LogP contribution in [0.25, 0.3) is 18.2 Å². The van der Waals surface area contributed by atoms with Gasteiger partial charge in [0, 0.05) is 24.2 Å². The van der Waals surface area contributed by atoms with E-state index in [0.717, 1.165) is 58.0 Å². The molecule has 204 valence electrons. The first-order valence-corrected chi connectivity index (χ1v) is 14.2. The van der Waals surface area contributed by atoms with Crippen LogP contribution in [0.15, 0.2) is 70.2 Å². The number of thiophene rings is 1. The highest BCUT2D eigenvalue weighted by Crippen LogP contribution is 2.30. The zero-order chi connectivity index (χ0) is 27.8. The van der Waals surface area contributed by atoms with Gasteiger partial charge in [0.25, 0.3) is 0 Å². The van der Waals surface area contributed by atoms with E-state index in [1.54, 1.807) is 11.3 Å². The highest BCUT2D eigenvalue weighted by Gasteiger charge is 2.18. The Kier molecular flexibility index (Phi) is 9.38. The number of aliphatic carboxylic acids is 1. The van der Waals surface area contributed by atoms with Crippen LogP contribution in [0.2, 0.25) is 0 Å². The van der Waals surface area contributed by atoms with Crippen molar-refractivity contribution in [1.82, 2.24) is 4.98 Å². The third-order valence-corrected chi connectivity index (χ3v) is 7.32. The van der Waals surface area contributed by atoms with Gasteiger partial charge in [0.2, 0.25) is 0 Å². The fourth-order valence-corrected chi connectivity index (χ4v) is 5.03. The van der Waals surface area contributed by atoms with Crippen LogP contribution in [-0.2, 0) is 4.79 Å². The largest absolute Gasteiger partial charge is 0.494 e. The second-order valence-electron chi connectivity index (χ2n) is 10.9. The number of aromatic amines is 1. The molecular formula is C32H38N3O3S+. The summed E-state index contributed by atoms with van der Waals surface area (Å²) in [6, 6.07) is 14.2. The second kappa shape index (κ2) is 12.9. The molecule has 0 radical (unpaired) electrons. The van der Waals surface area contributed by atoms with Crippen LogP contribution in [0.5, 0.6) is 5.75 Å². The maximum Gasteiger partial charge on any atom is 0.303 e. The molecule has 0 fully saturated rings. The van der Waals surface area contributed by atoms with Gasteiger partial charge in [-0.3, -0.25) is 4.79 Å². The van der Waals surface area contributed by atoms with E-state index in [-0.39, 0.29) is 6.42 Å². The number of rotatable bonds is 13. The second-order valence-corrected chi connectivity index (χ2v) is 11.8. The van der Waals surface area contributed by atoms with Gasteiger partial charge in [-0.05, 0) is 84.3 Å². The molecule has 0 saturated heterocycles. The SMILES string of the molecule is Cc1cc(/C=C/c2ccc(OCCCC(=O)O)cc2)[nH]c1C=C1N=C(c2cccs2)C=C1CCC[N+](C)(C)C. The smallest absolute Gasteiger partial charge is 0.303 e. The summed E-state index contributed by atoms with van der Waals surface area (Å²) in [5, 5.41) is 10.8. The molecule has 1 aromatic carbocycles. The summed E-state index contributed by atoms with van der Waals surface area (Å²) in [7, 11) is 6.70. The Bertz CT molecular complexity index is 1390. The van der Waals surface area contributed by atoms with Crippen molar-refractivity contribution < 1.29 is 19.1 Å². The third-order valence-electron chi connectivity index (χ3n) is 6.43. The third kappa shape index (κ3) is 8.67. The quantitative estimate of drug-likeness (QED) is 0.179. The van der Waals surface area contributed by atoms with E-state index in [4.69, 9.17) is 14.8 Å². The Morgan fingerprint density at radius 1 is 1.13 bits per heavy atom. The summed E-state index contributed by atoms with van der Waals surface area (Å²) in [4.78, 5) is 20.4. The summed E-state index contributed by atoms with van der Waals surface area (Å²) >= 11 is 1.73. The number of hydrogen-bond donors (Lipinski definition) is 2. The number of nitrogens with one attached hydrogen (secondary N) is 1. The van der Waals surface area contributed by atoms with Crippen LogP contribution in [0.4, 0.5) is 0 Å². The van der Waals surface area contributed by atoms with E-state index in [1.165, 1.54) is 16.0 Å². The van der Waals surface area contributed by atoms with E-state index >= 15 is 0 Å². The molecule has 0 unspecified atom stereocenters. The molecule has 0 atom stereocenters. The molecule has 3 aromatic rings. The number of allylic oxidation sites excluding steroid dienone is 2. The maximum absolute atomic E-state index is 10.6. The van der Waals surface area contributed by atoms with Gasteiger partial charge in [-0.25, -0.2) is 4.99 Å². The predicted octanol–water partition coefficient (Wildman–Crippen LogP) is 7.06. The maximum atomic E-state index is 10.6. The molecule has 0 saturated carbocycles. The first-order chi connectivity index (χ1) is 18.7. The Hall–Kier alpha value is -3.68. The minimum absolute atomic E-state index is 0.116. The van der Waals surface area contributed by atoms with Crippen molar-refractivity contribution in [2.75, 3.05) is 34.3 Å². The molecule has 0 aliphatic carbocycles. The van der Waals surface area contributed by atoms with E-state index < -0.39 is 5.97 Å². The summed E-state index contributed by atoms with van der Waals surface area (Å²) in [5.41, 5.74) is 7.73. The molecule has 7 heteroatoms. The molecule has 1 aliphatic rings. The Morgan fingerprint density at radius 3 is 2.62 bits per heavy atom. The molecule has 0 bridgehead atoms. The fraction of sp³-hybridized carbons (Fsp3) is 0.312. The normalized spacial score (nSPS) is 14.7. The molecule has 2 N–H and O–H groups in total. The molecular weight excluding hydrogens is 506 g/mol. The van der Waals surface area contributed by atoms with Crippen molar-refractivity contribution >= 4 is 41.2 Å². The number of ether oxygens (including phenoxy) is 1. The lowest BCUT2D eigenvalue weighted by atomic mass is 10.1. The zero-order valence-electron chi connectivity index (χ0n) is 23.2. The molecule has 1 aliphatic heterocycles. The van der Waals surface area contributed by atoms with Gasteiger partial charge in [-0.2, -0.15) is 0 Å². The number of H-pyrrole nitrogens is 1. The van der Waals surface area contributed by atoms with Crippen LogP contribution in [0.3, 0.4) is 0 Å². The lowest BCUT2D eigenvalue weighted by Crippen LogP contribution is -2.35.